The summed E-state index contributed by atoms with van der Waals surface area (Å²) in [6, 6.07) is 13.1. The SMILES string of the molecule is CC1(C)C=C2c3cccc(C(=O)O)c3C(=O)N2Cc2ccccc21. The van der Waals surface area contributed by atoms with E-state index in [1.54, 1.807) is 11.0 Å². The first-order valence-electron chi connectivity index (χ1n) is 7.90. The van der Waals surface area contributed by atoms with E-state index >= 15 is 0 Å². The van der Waals surface area contributed by atoms with Gasteiger partial charge in [0.2, 0.25) is 0 Å². The summed E-state index contributed by atoms with van der Waals surface area (Å²) in [6.07, 6.45) is 2.08. The van der Waals surface area contributed by atoms with E-state index < -0.39 is 5.97 Å². The fourth-order valence-electron chi connectivity index (χ4n) is 3.75. The van der Waals surface area contributed by atoms with Crippen molar-refractivity contribution < 1.29 is 14.7 Å². The van der Waals surface area contributed by atoms with Gasteiger partial charge in [-0.05, 0) is 23.3 Å². The average Bonchev–Trinajstić information content (AvgIpc) is 2.73. The zero-order valence-electron chi connectivity index (χ0n) is 13.5. The van der Waals surface area contributed by atoms with E-state index in [4.69, 9.17) is 0 Å². The molecule has 4 nitrogen and oxygen atoms in total. The molecule has 0 bridgehead atoms. The molecule has 4 rings (SSSR count). The lowest BCUT2D eigenvalue weighted by Crippen LogP contribution is -2.23. The Morgan fingerprint density at radius 2 is 1.88 bits per heavy atom. The summed E-state index contributed by atoms with van der Waals surface area (Å²) in [4.78, 5) is 26.2. The minimum Gasteiger partial charge on any atom is -0.478 e. The van der Waals surface area contributed by atoms with Crippen molar-refractivity contribution in [3.63, 3.8) is 0 Å². The molecule has 0 saturated carbocycles. The third kappa shape index (κ3) is 1.92. The monoisotopic (exact) mass is 319 g/mol. The Balaban J connectivity index is 1.98. The summed E-state index contributed by atoms with van der Waals surface area (Å²) < 4.78 is 0. The number of rotatable bonds is 1. The van der Waals surface area contributed by atoms with Gasteiger partial charge in [-0.3, -0.25) is 4.79 Å². The van der Waals surface area contributed by atoms with Crippen LogP contribution in [-0.2, 0) is 12.0 Å². The fourth-order valence-corrected chi connectivity index (χ4v) is 3.75. The van der Waals surface area contributed by atoms with Crippen molar-refractivity contribution in [3.8, 4) is 0 Å². The predicted octanol–water partition coefficient (Wildman–Crippen LogP) is 3.67. The number of hydrogen-bond acceptors (Lipinski definition) is 2. The Labute approximate surface area is 140 Å². The summed E-state index contributed by atoms with van der Waals surface area (Å²) in [5.74, 6) is -1.31. The first-order chi connectivity index (χ1) is 11.4. The second kappa shape index (κ2) is 4.81. The molecule has 0 aromatic heterocycles. The summed E-state index contributed by atoms with van der Waals surface area (Å²) >= 11 is 0. The molecule has 0 atom stereocenters. The first-order valence-corrected chi connectivity index (χ1v) is 7.90. The van der Waals surface area contributed by atoms with E-state index in [1.165, 1.54) is 11.6 Å². The zero-order chi connectivity index (χ0) is 17.1. The number of aromatic carboxylic acids is 1. The van der Waals surface area contributed by atoms with Gasteiger partial charge in [0.1, 0.15) is 0 Å². The molecule has 0 saturated heterocycles. The lowest BCUT2D eigenvalue weighted by molar-refractivity contribution is 0.0687. The first kappa shape index (κ1) is 14.7. The van der Waals surface area contributed by atoms with Gasteiger partial charge in [0, 0.05) is 16.7 Å². The maximum Gasteiger partial charge on any atom is 0.336 e. The van der Waals surface area contributed by atoms with Crippen LogP contribution >= 0.6 is 0 Å². The van der Waals surface area contributed by atoms with Crippen LogP contribution in [0.25, 0.3) is 5.70 Å². The van der Waals surface area contributed by atoms with Gasteiger partial charge in [-0.1, -0.05) is 50.2 Å². The van der Waals surface area contributed by atoms with Crippen molar-refractivity contribution in [3.05, 3.63) is 76.4 Å². The smallest absolute Gasteiger partial charge is 0.336 e. The van der Waals surface area contributed by atoms with Crippen LogP contribution in [0.1, 0.15) is 51.3 Å². The van der Waals surface area contributed by atoms with Crippen molar-refractivity contribution in [1.82, 2.24) is 4.90 Å². The maximum absolute atomic E-state index is 13.0. The fraction of sp³-hybridized carbons (Fsp3) is 0.200. The number of amides is 1. The quantitative estimate of drug-likeness (QED) is 0.872. The zero-order valence-corrected chi connectivity index (χ0v) is 13.5. The Morgan fingerprint density at radius 3 is 2.62 bits per heavy atom. The number of hydrogen-bond donors (Lipinski definition) is 1. The number of nitrogens with zero attached hydrogens (tertiary/aromatic N) is 1. The minimum atomic E-state index is -1.07. The maximum atomic E-state index is 13.0. The molecule has 4 heteroatoms. The van der Waals surface area contributed by atoms with Gasteiger partial charge in [-0.2, -0.15) is 0 Å². The van der Waals surface area contributed by atoms with Crippen molar-refractivity contribution in [2.75, 3.05) is 0 Å². The van der Waals surface area contributed by atoms with E-state index in [0.717, 1.165) is 11.3 Å². The number of carboxylic acid groups (broad SMARTS) is 1. The molecule has 120 valence electrons. The molecule has 2 aliphatic heterocycles. The van der Waals surface area contributed by atoms with Crippen molar-refractivity contribution >= 4 is 17.6 Å². The third-order valence-electron chi connectivity index (χ3n) is 4.86. The highest BCUT2D eigenvalue weighted by atomic mass is 16.4. The topological polar surface area (TPSA) is 57.6 Å². The van der Waals surface area contributed by atoms with Gasteiger partial charge in [0.25, 0.3) is 5.91 Å². The molecular formula is C20H17NO3. The number of allylic oxidation sites excluding steroid dienone is 1. The number of carboxylic acids is 1. The van der Waals surface area contributed by atoms with Crippen LogP contribution in [0.2, 0.25) is 0 Å². The number of fused-ring (bicyclic) bond motifs is 4. The number of carbonyl (C=O) groups is 2. The Kier molecular flexibility index (Phi) is 2.94. The summed E-state index contributed by atoms with van der Waals surface area (Å²) in [6.45, 7) is 4.69. The Hall–Kier alpha value is -2.88. The molecule has 2 heterocycles. The molecule has 2 aromatic rings. The lowest BCUT2D eigenvalue weighted by atomic mass is 9.81. The van der Waals surface area contributed by atoms with E-state index in [2.05, 4.69) is 26.0 Å². The largest absolute Gasteiger partial charge is 0.478 e. The van der Waals surface area contributed by atoms with Crippen molar-refractivity contribution in [2.24, 2.45) is 0 Å². The summed E-state index contributed by atoms with van der Waals surface area (Å²) in [5.41, 5.74) is 3.91. The average molecular weight is 319 g/mol. The van der Waals surface area contributed by atoms with Crippen LogP contribution < -0.4 is 0 Å². The van der Waals surface area contributed by atoms with Crippen LogP contribution in [0.4, 0.5) is 0 Å². The Bertz CT molecular complexity index is 924. The molecule has 0 radical (unpaired) electrons. The standard InChI is InChI=1S/C20H17NO3/c1-20(2)10-16-13-7-5-8-14(19(23)24)17(13)18(22)21(16)11-12-6-3-4-9-15(12)20/h3-10H,11H2,1-2H3,(H,23,24). The van der Waals surface area contributed by atoms with Gasteiger partial charge in [0.15, 0.2) is 0 Å². The van der Waals surface area contributed by atoms with Crippen LogP contribution in [0, 0.1) is 0 Å². The van der Waals surface area contributed by atoms with Gasteiger partial charge in [0.05, 0.1) is 17.7 Å². The lowest BCUT2D eigenvalue weighted by Gasteiger charge is -2.22. The number of carbonyl (C=O) groups excluding carboxylic acids is 1. The normalized spacial score (nSPS) is 17.5. The molecule has 24 heavy (non-hydrogen) atoms. The second-order valence-corrected chi connectivity index (χ2v) is 6.83. The molecule has 2 aliphatic rings. The van der Waals surface area contributed by atoms with Gasteiger partial charge in [-0.25, -0.2) is 4.79 Å². The summed E-state index contributed by atoms with van der Waals surface area (Å²) in [7, 11) is 0. The van der Waals surface area contributed by atoms with Crippen LogP contribution in [0.15, 0.2) is 48.5 Å². The summed E-state index contributed by atoms with van der Waals surface area (Å²) in [5, 5.41) is 9.43. The molecule has 0 spiro atoms. The van der Waals surface area contributed by atoms with Gasteiger partial charge in [-0.15, -0.1) is 0 Å². The van der Waals surface area contributed by atoms with Crippen LogP contribution in [0.3, 0.4) is 0 Å². The van der Waals surface area contributed by atoms with Crippen molar-refractivity contribution in [2.45, 2.75) is 25.8 Å². The number of benzene rings is 2. The molecule has 1 N–H and O–H groups in total. The minimum absolute atomic E-state index is 0.0672. The van der Waals surface area contributed by atoms with E-state index in [9.17, 15) is 14.7 Å². The van der Waals surface area contributed by atoms with Crippen molar-refractivity contribution in [1.29, 1.82) is 0 Å². The molecule has 2 aromatic carbocycles. The molecule has 0 aliphatic carbocycles. The van der Waals surface area contributed by atoms with E-state index in [1.807, 2.05) is 24.3 Å². The molecule has 1 amide bonds. The molecule has 0 unspecified atom stereocenters. The third-order valence-corrected chi connectivity index (χ3v) is 4.86. The molecular weight excluding hydrogens is 302 g/mol. The highest BCUT2D eigenvalue weighted by Gasteiger charge is 2.39. The van der Waals surface area contributed by atoms with Gasteiger partial charge < -0.3 is 10.0 Å². The second-order valence-electron chi connectivity index (χ2n) is 6.83. The van der Waals surface area contributed by atoms with Gasteiger partial charge >= 0.3 is 5.97 Å². The van der Waals surface area contributed by atoms with Crippen LogP contribution in [-0.4, -0.2) is 21.9 Å². The van der Waals surface area contributed by atoms with Crippen LogP contribution in [0.5, 0.6) is 0 Å². The highest BCUT2D eigenvalue weighted by molar-refractivity contribution is 6.15. The van der Waals surface area contributed by atoms with E-state index in [-0.39, 0.29) is 16.9 Å². The molecule has 0 fully saturated rings. The predicted molar refractivity (Wildman–Crippen MR) is 90.7 cm³/mol. The van der Waals surface area contributed by atoms with E-state index in [0.29, 0.717) is 17.7 Å². The Morgan fingerprint density at radius 1 is 1.12 bits per heavy atom. The highest BCUT2D eigenvalue weighted by Crippen LogP contribution is 2.43.